The number of rotatable bonds is 2. The Kier molecular flexibility index (Phi) is 4.00. The second-order valence-corrected chi connectivity index (χ2v) is 7.46. The van der Waals surface area contributed by atoms with E-state index in [9.17, 15) is 10.1 Å². The van der Waals surface area contributed by atoms with Gasteiger partial charge in [-0.2, -0.15) is 5.26 Å². The van der Waals surface area contributed by atoms with Gasteiger partial charge in [0.2, 0.25) is 5.91 Å². The summed E-state index contributed by atoms with van der Waals surface area (Å²) in [6.07, 6.45) is 13.7. The molecule has 0 spiro atoms. The van der Waals surface area contributed by atoms with Gasteiger partial charge in [0.1, 0.15) is 11.7 Å². The largest absolute Gasteiger partial charge is 0.346 e. The van der Waals surface area contributed by atoms with Crippen molar-refractivity contribution in [1.82, 2.24) is 14.9 Å². The number of carbonyl (C=O) groups is 1. The second kappa shape index (κ2) is 6.68. The van der Waals surface area contributed by atoms with E-state index in [1.807, 2.05) is 29.3 Å². The summed E-state index contributed by atoms with van der Waals surface area (Å²) in [6.45, 7) is 1.30. The topological polar surface area (TPSA) is 76.0 Å². The van der Waals surface area contributed by atoms with Crippen molar-refractivity contribution in [3.63, 3.8) is 0 Å². The first-order valence-corrected chi connectivity index (χ1v) is 9.75. The van der Waals surface area contributed by atoms with Crippen LogP contribution < -0.4 is 4.90 Å². The minimum absolute atomic E-state index is 0.0233. The molecule has 4 heterocycles. The first kappa shape index (κ1) is 17.3. The molecule has 1 unspecified atom stereocenters. The number of terminal acetylenes is 1. The number of H-pyrrole nitrogens is 1. The lowest BCUT2D eigenvalue weighted by atomic mass is 9.97. The van der Waals surface area contributed by atoms with Crippen molar-refractivity contribution in [2.45, 2.75) is 25.3 Å². The molecule has 0 aliphatic carbocycles. The number of anilines is 1. The van der Waals surface area contributed by atoms with Crippen molar-refractivity contribution in [3.05, 3.63) is 47.8 Å². The maximum absolute atomic E-state index is 13.2. The Labute approximate surface area is 168 Å². The van der Waals surface area contributed by atoms with Gasteiger partial charge in [0.05, 0.1) is 0 Å². The summed E-state index contributed by atoms with van der Waals surface area (Å²) in [5.41, 5.74) is 5.74. The second-order valence-electron chi connectivity index (χ2n) is 7.46. The molecule has 2 aliphatic heterocycles. The Hall–Kier alpha value is -3.77. The summed E-state index contributed by atoms with van der Waals surface area (Å²) in [5.74, 6) is 2.67. The molecule has 5 rings (SSSR count). The quantitative estimate of drug-likeness (QED) is 0.547. The third-order valence-electron chi connectivity index (χ3n) is 5.95. The first-order chi connectivity index (χ1) is 14.2. The standard InChI is InChI=1S/C23H19N5O/c1-2-15-11-18-19(13-26-22(18)25-12-15)16-5-3-6-20-17(16)8-10-28(20)23(29)21-7-4-9-27(21)14-24/h1,3,5-6,11-13,21H,4,7-10H2,(H,25,26). The molecule has 0 bridgehead atoms. The minimum Gasteiger partial charge on any atom is -0.346 e. The molecule has 1 atom stereocenters. The van der Waals surface area contributed by atoms with E-state index in [1.54, 1.807) is 11.1 Å². The molecule has 29 heavy (non-hydrogen) atoms. The van der Waals surface area contributed by atoms with E-state index in [4.69, 9.17) is 6.42 Å². The van der Waals surface area contributed by atoms with Crippen molar-refractivity contribution in [3.8, 4) is 29.7 Å². The SMILES string of the molecule is C#Cc1cnc2[nH]cc(-c3cccc4c3CCN4C(=O)C3CCCN3C#N)c2c1. The molecule has 6 heteroatoms. The molecular weight excluding hydrogens is 362 g/mol. The van der Waals surface area contributed by atoms with Gasteiger partial charge in [-0.3, -0.25) is 9.69 Å². The summed E-state index contributed by atoms with van der Waals surface area (Å²) in [7, 11) is 0. The van der Waals surface area contributed by atoms with Crippen LogP contribution in [0.25, 0.3) is 22.2 Å². The predicted octanol–water partition coefficient (Wildman–Crippen LogP) is 3.05. The highest BCUT2D eigenvalue weighted by atomic mass is 16.2. The molecule has 2 aromatic heterocycles. The average molecular weight is 381 g/mol. The lowest BCUT2D eigenvalue weighted by Crippen LogP contribution is -2.43. The number of benzene rings is 1. The van der Waals surface area contributed by atoms with Crippen molar-refractivity contribution in [1.29, 1.82) is 5.26 Å². The molecule has 1 aromatic carbocycles. The van der Waals surface area contributed by atoms with Gasteiger partial charge in [-0.15, -0.1) is 6.42 Å². The van der Waals surface area contributed by atoms with Crippen LogP contribution in [0.1, 0.15) is 24.0 Å². The number of carbonyl (C=O) groups excluding carboxylic acids is 1. The summed E-state index contributed by atoms with van der Waals surface area (Å²) >= 11 is 0. The van der Waals surface area contributed by atoms with Gasteiger partial charge in [0, 0.05) is 47.7 Å². The number of likely N-dealkylation sites (tertiary alicyclic amines) is 1. The van der Waals surface area contributed by atoms with Gasteiger partial charge in [0.15, 0.2) is 6.19 Å². The Morgan fingerprint density at radius 1 is 1.31 bits per heavy atom. The fourth-order valence-corrected chi connectivity index (χ4v) is 4.54. The minimum atomic E-state index is -0.343. The number of hydrogen-bond acceptors (Lipinski definition) is 4. The van der Waals surface area contributed by atoms with Crippen molar-refractivity contribution < 1.29 is 4.79 Å². The summed E-state index contributed by atoms with van der Waals surface area (Å²) in [5, 5.41) is 10.3. The van der Waals surface area contributed by atoms with Crippen LogP contribution in [-0.4, -0.2) is 39.9 Å². The third kappa shape index (κ3) is 2.65. The Morgan fingerprint density at radius 2 is 2.21 bits per heavy atom. The van der Waals surface area contributed by atoms with E-state index in [0.29, 0.717) is 13.1 Å². The van der Waals surface area contributed by atoms with Gasteiger partial charge in [-0.25, -0.2) is 4.98 Å². The predicted molar refractivity (Wildman–Crippen MR) is 111 cm³/mol. The summed E-state index contributed by atoms with van der Waals surface area (Å²) in [6, 6.07) is 7.68. The molecule has 3 aromatic rings. The number of aromatic amines is 1. The molecule has 1 N–H and O–H groups in total. The molecule has 142 valence electrons. The number of aromatic nitrogens is 2. The van der Waals surface area contributed by atoms with Crippen LogP contribution in [0.3, 0.4) is 0 Å². The number of fused-ring (bicyclic) bond motifs is 2. The Morgan fingerprint density at radius 3 is 3.03 bits per heavy atom. The molecule has 1 fully saturated rings. The van der Waals surface area contributed by atoms with Crippen LogP contribution in [-0.2, 0) is 11.2 Å². The fraction of sp³-hybridized carbons (Fsp3) is 0.261. The molecular formula is C23H19N5O. The Balaban J connectivity index is 1.56. The van der Waals surface area contributed by atoms with Gasteiger partial charge in [-0.1, -0.05) is 18.1 Å². The van der Waals surface area contributed by atoms with Crippen LogP contribution in [0, 0.1) is 23.8 Å². The summed E-state index contributed by atoms with van der Waals surface area (Å²) < 4.78 is 0. The van der Waals surface area contributed by atoms with Crippen LogP contribution in [0.5, 0.6) is 0 Å². The van der Waals surface area contributed by atoms with E-state index >= 15 is 0 Å². The molecule has 1 amide bonds. The zero-order valence-corrected chi connectivity index (χ0v) is 15.9. The number of hydrogen-bond donors (Lipinski definition) is 1. The zero-order valence-electron chi connectivity index (χ0n) is 15.9. The van der Waals surface area contributed by atoms with Crippen molar-refractivity contribution in [2.75, 3.05) is 18.0 Å². The van der Waals surface area contributed by atoms with E-state index in [-0.39, 0.29) is 11.9 Å². The number of pyridine rings is 1. The average Bonchev–Trinajstić information content (AvgIpc) is 3.49. The lowest BCUT2D eigenvalue weighted by molar-refractivity contribution is -0.121. The van der Waals surface area contributed by atoms with E-state index in [0.717, 1.165) is 58.2 Å². The van der Waals surface area contributed by atoms with Gasteiger partial charge in [-0.05, 0) is 42.5 Å². The molecule has 2 aliphatic rings. The van der Waals surface area contributed by atoms with E-state index < -0.39 is 0 Å². The zero-order chi connectivity index (χ0) is 20.0. The third-order valence-corrected chi connectivity index (χ3v) is 5.95. The van der Waals surface area contributed by atoms with Crippen molar-refractivity contribution in [2.24, 2.45) is 0 Å². The highest BCUT2D eigenvalue weighted by molar-refractivity contribution is 6.02. The van der Waals surface area contributed by atoms with Crippen molar-refractivity contribution >= 4 is 22.6 Å². The van der Waals surface area contributed by atoms with E-state index in [1.165, 1.54) is 0 Å². The number of nitrogens with zero attached hydrogens (tertiary/aromatic N) is 4. The summed E-state index contributed by atoms with van der Waals surface area (Å²) in [4.78, 5) is 24.2. The van der Waals surface area contributed by atoms with Crippen LogP contribution in [0.2, 0.25) is 0 Å². The highest BCUT2D eigenvalue weighted by Gasteiger charge is 2.36. The maximum Gasteiger partial charge on any atom is 0.250 e. The monoisotopic (exact) mass is 381 g/mol. The lowest BCUT2D eigenvalue weighted by Gasteiger charge is -2.25. The Bertz CT molecular complexity index is 1210. The van der Waals surface area contributed by atoms with Gasteiger partial charge in [0.25, 0.3) is 0 Å². The maximum atomic E-state index is 13.2. The number of nitriles is 1. The molecule has 0 saturated carbocycles. The van der Waals surface area contributed by atoms with Crippen LogP contribution in [0.4, 0.5) is 5.69 Å². The van der Waals surface area contributed by atoms with E-state index in [2.05, 4.69) is 28.1 Å². The van der Waals surface area contributed by atoms with Crippen LogP contribution >= 0.6 is 0 Å². The number of nitrogens with one attached hydrogen (secondary N) is 1. The normalized spacial score (nSPS) is 17.9. The van der Waals surface area contributed by atoms with Crippen LogP contribution in [0.15, 0.2) is 36.7 Å². The molecule has 1 saturated heterocycles. The smallest absolute Gasteiger partial charge is 0.250 e. The molecule has 6 nitrogen and oxygen atoms in total. The first-order valence-electron chi connectivity index (χ1n) is 9.75. The van der Waals surface area contributed by atoms with Gasteiger partial charge >= 0.3 is 0 Å². The van der Waals surface area contributed by atoms with Gasteiger partial charge < -0.3 is 9.88 Å². The molecule has 0 radical (unpaired) electrons. The highest BCUT2D eigenvalue weighted by Crippen LogP contribution is 2.39. The number of amides is 1. The fourth-order valence-electron chi connectivity index (χ4n) is 4.54.